The van der Waals surface area contributed by atoms with Gasteiger partial charge in [0.15, 0.2) is 0 Å². The summed E-state index contributed by atoms with van der Waals surface area (Å²) in [5.41, 5.74) is 0. The minimum Gasteiger partial charge on any atom is -0.465 e. The number of carbonyl (C=O) groups excluding carboxylic acids is 1. The standard InChI is InChI=1S/C10H18N2O3/c1-4-15-10(13)7-12(14)9(6-11)5-8(2)3/h8-9,14H,4-5,7H2,1-3H3. The minimum absolute atomic E-state index is 0.265. The third kappa shape index (κ3) is 6.05. The average Bonchev–Trinajstić information content (AvgIpc) is 2.13. The molecule has 0 amide bonds. The third-order valence-electron chi connectivity index (χ3n) is 1.80. The number of ether oxygens (including phenoxy) is 1. The summed E-state index contributed by atoms with van der Waals surface area (Å²) in [4.78, 5) is 11.0. The zero-order valence-corrected chi connectivity index (χ0v) is 9.43. The zero-order chi connectivity index (χ0) is 11.8. The average molecular weight is 214 g/mol. The molecule has 1 N–H and O–H groups in total. The van der Waals surface area contributed by atoms with Gasteiger partial charge >= 0.3 is 5.97 Å². The van der Waals surface area contributed by atoms with Gasteiger partial charge in [0.05, 0.1) is 12.7 Å². The molecule has 0 saturated heterocycles. The second-order valence-electron chi connectivity index (χ2n) is 3.68. The summed E-state index contributed by atoms with van der Waals surface area (Å²) in [6.45, 7) is 5.59. The van der Waals surface area contributed by atoms with Gasteiger partial charge in [0, 0.05) is 0 Å². The van der Waals surface area contributed by atoms with Crippen molar-refractivity contribution in [2.45, 2.75) is 33.2 Å². The molecule has 0 bridgehead atoms. The van der Waals surface area contributed by atoms with Crippen LogP contribution in [0.25, 0.3) is 0 Å². The molecule has 0 heterocycles. The van der Waals surface area contributed by atoms with Crippen LogP contribution in [0.15, 0.2) is 0 Å². The lowest BCUT2D eigenvalue weighted by Gasteiger charge is -2.20. The van der Waals surface area contributed by atoms with E-state index in [4.69, 9.17) is 5.26 Å². The second-order valence-corrected chi connectivity index (χ2v) is 3.68. The number of nitrogens with zero attached hydrogens (tertiary/aromatic N) is 2. The number of hydroxylamine groups is 2. The maximum atomic E-state index is 11.0. The molecule has 0 rings (SSSR count). The lowest BCUT2D eigenvalue weighted by molar-refractivity contribution is -0.164. The van der Waals surface area contributed by atoms with E-state index in [0.717, 1.165) is 5.06 Å². The fourth-order valence-electron chi connectivity index (χ4n) is 1.14. The van der Waals surface area contributed by atoms with Crippen molar-refractivity contribution in [3.05, 3.63) is 0 Å². The summed E-state index contributed by atoms with van der Waals surface area (Å²) in [5, 5.41) is 19.0. The first kappa shape index (κ1) is 13.9. The van der Waals surface area contributed by atoms with Gasteiger partial charge in [-0.05, 0) is 19.3 Å². The minimum atomic E-state index is -0.658. The van der Waals surface area contributed by atoms with Crippen molar-refractivity contribution in [3.8, 4) is 6.07 Å². The van der Waals surface area contributed by atoms with Crippen LogP contribution >= 0.6 is 0 Å². The van der Waals surface area contributed by atoms with Crippen molar-refractivity contribution in [3.63, 3.8) is 0 Å². The first-order valence-corrected chi connectivity index (χ1v) is 5.02. The van der Waals surface area contributed by atoms with Gasteiger partial charge in [0.2, 0.25) is 0 Å². The largest absolute Gasteiger partial charge is 0.465 e. The van der Waals surface area contributed by atoms with Crippen molar-refractivity contribution in [1.29, 1.82) is 5.26 Å². The van der Waals surface area contributed by atoms with Crippen LogP contribution < -0.4 is 0 Å². The highest BCUT2D eigenvalue weighted by molar-refractivity contribution is 5.71. The Bertz CT molecular complexity index is 235. The van der Waals surface area contributed by atoms with E-state index in [1.54, 1.807) is 6.92 Å². The molecule has 0 spiro atoms. The molecule has 0 aromatic rings. The van der Waals surface area contributed by atoms with E-state index in [2.05, 4.69) is 4.74 Å². The van der Waals surface area contributed by atoms with E-state index >= 15 is 0 Å². The predicted octanol–water partition coefficient (Wildman–Crippen LogP) is 1.18. The number of nitriles is 1. The zero-order valence-electron chi connectivity index (χ0n) is 9.43. The third-order valence-corrected chi connectivity index (χ3v) is 1.80. The first-order valence-electron chi connectivity index (χ1n) is 5.02. The van der Waals surface area contributed by atoms with Crippen molar-refractivity contribution in [2.24, 2.45) is 5.92 Å². The number of esters is 1. The molecule has 0 saturated carbocycles. The fraction of sp³-hybridized carbons (Fsp3) is 0.800. The summed E-state index contributed by atoms with van der Waals surface area (Å²) in [7, 11) is 0. The van der Waals surface area contributed by atoms with Crippen LogP contribution in [0.3, 0.4) is 0 Å². The summed E-state index contributed by atoms with van der Waals surface area (Å²) in [6, 6.07) is 1.29. The molecule has 0 aliphatic rings. The van der Waals surface area contributed by atoms with Crippen LogP contribution in [0.5, 0.6) is 0 Å². The van der Waals surface area contributed by atoms with E-state index in [-0.39, 0.29) is 19.1 Å². The number of hydrogen-bond donors (Lipinski definition) is 1. The number of rotatable bonds is 6. The Labute approximate surface area is 90.2 Å². The van der Waals surface area contributed by atoms with Gasteiger partial charge in [0.25, 0.3) is 0 Å². The van der Waals surface area contributed by atoms with Gasteiger partial charge in [0.1, 0.15) is 12.6 Å². The van der Waals surface area contributed by atoms with Gasteiger partial charge in [-0.3, -0.25) is 4.79 Å². The SMILES string of the molecule is CCOC(=O)CN(O)C(C#N)CC(C)C. The maximum Gasteiger partial charge on any atom is 0.322 e. The molecule has 5 heteroatoms. The Morgan fingerprint density at radius 3 is 2.60 bits per heavy atom. The number of carbonyl (C=O) groups is 1. The molecule has 0 aliphatic carbocycles. The molecular weight excluding hydrogens is 196 g/mol. The Kier molecular flexibility index (Phi) is 6.67. The van der Waals surface area contributed by atoms with Crippen LogP contribution in [0, 0.1) is 17.2 Å². The Balaban J connectivity index is 4.10. The van der Waals surface area contributed by atoms with E-state index in [1.165, 1.54) is 0 Å². The molecule has 0 aliphatic heterocycles. The highest BCUT2D eigenvalue weighted by Crippen LogP contribution is 2.09. The van der Waals surface area contributed by atoms with Gasteiger partial charge in [-0.2, -0.15) is 10.3 Å². The number of hydrogen-bond acceptors (Lipinski definition) is 5. The molecule has 1 unspecified atom stereocenters. The van der Waals surface area contributed by atoms with Gasteiger partial charge < -0.3 is 9.94 Å². The van der Waals surface area contributed by atoms with Crippen LogP contribution in [0.2, 0.25) is 0 Å². The lowest BCUT2D eigenvalue weighted by Crippen LogP contribution is -2.37. The van der Waals surface area contributed by atoms with E-state index in [1.807, 2.05) is 19.9 Å². The Hall–Kier alpha value is -1.12. The van der Waals surface area contributed by atoms with Gasteiger partial charge in [-0.1, -0.05) is 13.8 Å². The summed E-state index contributed by atoms with van der Waals surface area (Å²) in [5.74, 6) is -0.240. The van der Waals surface area contributed by atoms with Crippen LogP contribution in [0.4, 0.5) is 0 Å². The molecule has 0 aromatic carbocycles. The molecule has 5 nitrogen and oxygen atoms in total. The van der Waals surface area contributed by atoms with Crippen LogP contribution in [0.1, 0.15) is 27.2 Å². The quantitative estimate of drug-likeness (QED) is 0.531. The summed E-state index contributed by atoms with van der Waals surface area (Å²) < 4.78 is 4.66. The molecule has 0 fully saturated rings. The highest BCUT2D eigenvalue weighted by Gasteiger charge is 2.20. The Morgan fingerprint density at radius 1 is 1.60 bits per heavy atom. The molecule has 15 heavy (non-hydrogen) atoms. The Morgan fingerprint density at radius 2 is 2.20 bits per heavy atom. The molecule has 86 valence electrons. The second kappa shape index (κ2) is 7.21. The van der Waals surface area contributed by atoms with Crippen LogP contribution in [-0.2, 0) is 9.53 Å². The lowest BCUT2D eigenvalue weighted by atomic mass is 10.0. The topological polar surface area (TPSA) is 73.6 Å². The van der Waals surface area contributed by atoms with Gasteiger partial charge in [-0.15, -0.1) is 0 Å². The molecule has 1 atom stereocenters. The highest BCUT2D eigenvalue weighted by atomic mass is 16.5. The van der Waals surface area contributed by atoms with E-state index in [0.29, 0.717) is 6.42 Å². The summed E-state index contributed by atoms with van der Waals surface area (Å²) >= 11 is 0. The predicted molar refractivity (Wildman–Crippen MR) is 54.0 cm³/mol. The van der Waals surface area contributed by atoms with Crippen molar-refractivity contribution < 1.29 is 14.7 Å². The molecule has 0 aromatic heterocycles. The maximum absolute atomic E-state index is 11.0. The van der Waals surface area contributed by atoms with Crippen molar-refractivity contribution in [2.75, 3.05) is 13.2 Å². The molecule has 0 radical (unpaired) electrons. The first-order chi connectivity index (χ1) is 7.01. The van der Waals surface area contributed by atoms with E-state index in [9.17, 15) is 10.0 Å². The van der Waals surface area contributed by atoms with E-state index < -0.39 is 12.0 Å². The molecular formula is C10H18N2O3. The van der Waals surface area contributed by atoms with Gasteiger partial charge in [-0.25, -0.2) is 0 Å². The van der Waals surface area contributed by atoms with Crippen molar-refractivity contribution in [1.82, 2.24) is 5.06 Å². The summed E-state index contributed by atoms with van der Waals surface area (Å²) in [6.07, 6.45) is 0.520. The smallest absolute Gasteiger partial charge is 0.322 e. The normalized spacial score (nSPS) is 12.6. The van der Waals surface area contributed by atoms with Crippen molar-refractivity contribution >= 4 is 5.97 Å². The fourth-order valence-corrected chi connectivity index (χ4v) is 1.14. The van der Waals surface area contributed by atoms with Crippen LogP contribution in [-0.4, -0.2) is 35.4 Å². The monoisotopic (exact) mass is 214 g/mol.